The number of ether oxygens (including phenoxy) is 2. The first kappa shape index (κ1) is 26.0. The van der Waals surface area contributed by atoms with Crippen molar-refractivity contribution in [2.24, 2.45) is 0 Å². The van der Waals surface area contributed by atoms with Gasteiger partial charge in [0.05, 0.1) is 12.7 Å². The Labute approximate surface area is 211 Å². The van der Waals surface area contributed by atoms with Gasteiger partial charge in [0.1, 0.15) is 11.6 Å². The van der Waals surface area contributed by atoms with E-state index in [1.807, 2.05) is 73.7 Å². The molecule has 3 rings (SSSR count). The van der Waals surface area contributed by atoms with Gasteiger partial charge in [0, 0.05) is 6.54 Å². The van der Waals surface area contributed by atoms with Crippen LogP contribution in [0.4, 0.5) is 0 Å². The Hall–Kier alpha value is -4.63. The summed E-state index contributed by atoms with van der Waals surface area (Å²) in [7, 11) is 1.46. The number of nitriles is 1. The largest absolute Gasteiger partial charge is 0.493 e. The van der Waals surface area contributed by atoms with E-state index in [0.29, 0.717) is 23.4 Å². The zero-order valence-electron chi connectivity index (χ0n) is 20.4. The van der Waals surface area contributed by atoms with Crippen LogP contribution in [-0.2, 0) is 9.59 Å². The third kappa shape index (κ3) is 7.18. The SMILES string of the molecule is CCCCNC(=O)/C(C#N)=C/c1ccc(OC(=O)/C(=C/c2ccccc2)c2ccccc2)c(OC)c1. The van der Waals surface area contributed by atoms with Crippen LogP contribution in [0.5, 0.6) is 11.5 Å². The summed E-state index contributed by atoms with van der Waals surface area (Å²) in [5.74, 6) is -0.452. The number of carbonyl (C=O) groups is 2. The molecule has 0 aliphatic rings. The summed E-state index contributed by atoms with van der Waals surface area (Å²) in [6.07, 6.45) is 5.02. The van der Waals surface area contributed by atoms with Crippen LogP contribution in [0.1, 0.15) is 36.5 Å². The highest BCUT2D eigenvalue weighted by Gasteiger charge is 2.18. The summed E-state index contributed by atoms with van der Waals surface area (Å²) in [6.45, 7) is 2.53. The maximum atomic E-state index is 13.3. The van der Waals surface area contributed by atoms with Crippen molar-refractivity contribution in [2.75, 3.05) is 13.7 Å². The standard InChI is InChI=1S/C30H28N2O4/c1-3-4-17-32-29(33)25(21-31)18-23-15-16-27(28(20-23)35-2)36-30(34)26(24-13-9-6-10-14-24)19-22-11-7-5-8-12-22/h5-16,18-20H,3-4,17H2,1-2H3,(H,32,33)/b25-18+,26-19+. The van der Waals surface area contributed by atoms with Gasteiger partial charge in [-0.3, -0.25) is 4.79 Å². The van der Waals surface area contributed by atoms with E-state index in [-0.39, 0.29) is 11.3 Å². The Kier molecular flexibility index (Phi) is 9.60. The highest BCUT2D eigenvalue weighted by molar-refractivity contribution is 6.22. The summed E-state index contributed by atoms with van der Waals surface area (Å²) >= 11 is 0. The van der Waals surface area contributed by atoms with Crippen molar-refractivity contribution in [3.05, 3.63) is 101 Å². The predicted octanol–water partition coefficient (Wildman–Crippen LogP) is 5.66. The van der Waals surface area contributed by atoms with Gasteiger partial charge in [0.15, 0.2) is 11.5 Å². The Morgan fingerprint density at radius 1 is 0.917 bits per heavy atom. The lowest BCUT2D eigenvalue weighted by molar-refractivity contribution is -0.128. The lowest BCUT2D eigenvalue weighted by Gasteiger charge is -2.12. The molecule has 36 heavy (non-hydrogen) atoms. The first-order valence-electron chi connectivity index (χ1n) is 11.7. The zero-order chi connectivity index (χ0) is 25.8. The Bertz CT molecular complexity index is 1290. The molecule has 0 atom stereocenters. The van der Waals surface area contributed by atoms with E-state index in [9.17, 15) is 14.9 Å². The van der Waals surface area contributed by atoms with Gasteiger partial charge in [-0.15, -0.1) is 0 Å². The van der Waals surface area contributed by atoms with Gasteiger partial charge < -0.3 is 14.8 Å². The van der Waals surface area contributed by atoms with Crippen LogP contribution >= 0.6 is 0 Å². The molecule has 0 aliphatic carbocycles. The number of esters is 1. The van der Waals surface area contributed by atoms with Gasteiger partial charge in [-0.2, -0.15) is 5.26 Å². The molecule has 0 aromatic heterocycles. The summed E-state index contributed by atoms with van der Waals surface area (Å²) < 4.78 is 11.2. The first-order valence-corrected chi connectivity index (χ1v) is 11.7. The Balaban J connectivity index is 1.87. The van der Waals surface area contributed by atoms with Crippen molar-refractivity contribution < 1.29 is 19.1 Å². The average Bonchev–Trinajstić information content (AvgIpc) is 2.92. The number of nitrogens with one attached hydrogen (secondary N) is 1. The second kappa shape index (κ2) is 13.3. The van der Waals surface area contributed by atoms with Crippen molar-refractivity contribution in [1.82, 2.24) is 5.32 Å². The van der Waals surface area contributed by atoms with E-state index < -0.39 is 11.9 Å². The molecule has 6 heteroatoms. The molecule has 0 unspecified atom stereocenters. The lowest BCUT2D eigenvalue weighted by atomic mass is 10.0. The average molecular weight is 481 g/mol. The van der Waals surface area contributed by atoms with Crippen molar-refractivity contribution in [3.63, 3.8) is 0 Å². The van der Waals surface area contributed by atoms with E-state index in [2.05, 4.69) is 5.32 Å². The second-order valence-electron chi connectivity index (χ2n) is 7.91. The normalized spacial score (nSPS) is 11.4. The molecule has 6 nitrogen and oxygen atoms in total. The summed E-state index contributed by atoms with van der Waals surface area (Å²) in [4.78, 5) is 25.5. The summed E-state index contributed by atoms with van der Waals surface area (Å²) in [5.41, 5.74) is 2.52. The van der Waals surface area contributed by atoms with Crippen LogP contribution < -0.4 is 14.8 Å². The molecule has 0 radical (unpaired) electrons. The topological polar surface area (TPSA) is 88.4 Å². The zero-order valence-corrected chi connectivity index (χ0v) is 20.4. The quantitative estimate of drug-likeness (QED) is 0.101. The first-order chi connectivity index (χ1) is 17.5. The van der Waals surface area contributed by atoms with E-state index >= 15 is 0 Å². The van der Waals surface area contributed by atoms with Crippen molar-refractivity contribution in [1.29, 1.82) is 5.26 Å². The Morgan fingerprint density at radius 3 is 2.25 bits per heavy atom. The second-order valence-corrected chi connectivity index (χ2v) is 7.91. The molecule has 3 aromatic carbocycles. The van der Waals surface area contributed by atoms with Crippen LogP contribution in [0.2, 0.25) is 0 Å². The van der Waals surface area contributed by atoms with E-state index in [1.54, 1.807) is 24.3 Å². The van der Waals surface area contributed by atoms with E-state index in [1.165, 1.54) is 13.2 Å². The van der Waals surface area contributed by atoms with Gasteiger partial charge >= 0.3 is 5.97 Å². The van der Waals surface area contributed by atoms with Crippen LogP contribution in [0.15, 0.2) is 84.4 Å². The molecule has 1 amide bonds. The fourth-order valence-corrected chi connectivity index (χ4v) is 3.40. The van der Waals surface area contributed by atoms with Gasteiger partial charge in [0.25, 0.3) is 5.91 Å². The molecule has 0 bridgehead atoms. The minimum atomic E-state index is -0.542. The molecule has 1 N–H and O–H groups in total. The van der Waals surface area contributed by atoms with E-state index in [0.717, 1.165) is 24.0 Å². The predicted molar refractivity (Wildman–Crippen MR) is 141 cm³/mol. The minimum absolute atomic E-state index is 0.0185. The highest BCUT2D eigenvalue weighted by atomic mass is 16.6. The number of nitrogens with zero attached hydrogens (tertiary/aromatic N) is 1. The smallest absolute Gasteiger partial charge is 0.344 e. The number of carbonyl (C=O) groups excluding carboxylic acids is 2. The number of hydrogen-bond donors (Lipinski definition) is 1. The summed E-state index contributed by atoms with van der Waals surface area (Å²) in [6, 6.07) is 25.6. The van der Waals surface area contributed by atoms with Crippen molar-refractivity contribution in [3.8, 4) is 17.6 Å². The monoisotopic (exact) mass is 480 g/mol. The van der Waals surface area contributed by atoms with Crippen LogP contribution in [-0.4, -0.2) is 25.5 Å². The third-order valence-corrected chi connectivity index (χ3v) is 5.30. The number of unbranched alkanes of at least 4 members (excludes halogenated alkanes) is 1. The molecule has 0 aliphatic heterocycles. The number of rotatable bonds is 10. The molecule has 0 spiro atoms. The molecule has 0 saturated heterocycles. The number of methoxy groups -OCH3 is 1. The van der Waals surface area contributed by atoms with Gasteiger partial charge in [0.2, 0.25) is 0 Å². The number of amides is 1. The van der Waals surface area contributed by atoms with Crippen LogP contribution in [0.3, 0.4) is 0 Å². The fourth-order valence-electron chi connectivity index (χ4n) is 3.40. The van der Waals surface area contributed by atoms with E-state index in [4.69, 9.17) is 9.47 Å². The molecule has 0 heterocycles. The number of benzene rings is 3. The van der Waals surface area contributed by atoms with Crippen molar-refractivity contribution in [2.45, 2.75) is 19.8 Å². The number of hydrogen-bond acceptors (Lipinski definition) is 5. The molecule has 0 fully saturated rings. The third-order valence-electron chi connectivity index (χ3n) is 5.30. The maximum Gasteiger partial charge on any atom is 0.344 e. The van der Waals surface area contributed by atoms with Gasteiger partial charge in [-0.25, -0.2) is 4.79 Å². The fraction of sp³-hybridized carbons (Fsp3) is 0.167. The Morgan fingerprint density at radius 2 is 1.61 bits per heavy atom. The van der Waals surface area contributed by atoms with Crippen molar-refractivity contribution >= 4 is 29.6 Å². The highest BCUT2D eigenvalue weighted by Crippen LogP contribution is 2.31. The summed E-state index contributed by atoms with van der Waals surface area (Å²) in [5, 5.41) is 12.2. The van der Waals surface area contributed by atoms with Crippen LogP contribution in [0.25, 0.3) is 17.7 Å². The lowest BCUT2D eigenvalue weighted by Crippen LogP contribution is -2.25. The molecular formula is C30H28N2O4. The van der Waals surface area contributed by atoms with Gasteiger partial charge in [-0.1, -0.05) is 80.1 Å². The van der Waals surface area contributed by atoms with Gasteiger partial charge in [-0.05, 0) is 47.4 Å². The molecule has 3 aromatic rings. The molecule has 0 saturated carbocycles. The molecular weight excluding hydrogens is 452 g/mol. The molecule has 182 valence electrons. The maximum absolute atomic E-state index is 13.3. The minimum Gasteiger partial charge on any atom is -0.493 e. The van der Waals surface area contributed by atoms with Crippen LogP contribution in [0, 0.1) is 11.3 Å².